The van der Waals surface area contributed by atoms with E-state index in [2.05, 4.69) is 491 Å². The topological polar surface area (TPSA) is 19.7 Å². The maximum absolute atomic E-state index is 2.50. The minimum Gasteiger partial charge on any atom is -0.309 e. The van der Waals surface area contributed by atoms with Crippen LogP contribution in [-0.2, 0) is 0 Å². The lowest BCUT2D eigenvalue weighted by atomic mass is 9.85. The first kappa shape index (κ1) is 73.7. The van der Waals surface area contributed by atoms with E-state index in [1.165, 1.54) is 229 Å². The fourth-order valence-corrected chi connectivity index (χ4v) is 22.6. The van der Waals surface area contributed by atoms with E-state index in [0.717, 1.165) is 44.9 Å². The fourth-order valence-electron chi connectivity index (χ4n) is 22.6. The molecule has 24 aromatic carbocycles. The SMILES string of the molecule is c1ccc(-n2c3ccccc3c3cc(-c4cccc5c(-c6ccc7cc8ccccc8cc7c6)c6cccc(-c7ccc8c(c7)c7ccccc7n8-c7cccc(-c8ccc9cc%10cc(-c%11c%12cccc(-c%13ccc%14c%15ccccc%15n(-c%15ccccc%15)c%14c%13)c%12cc%12c(-c%13ccc%14c%15ccccc%15n(-c%15ccccc%15)c%14c%13)cccc%11%12)ccc%10cc9c8)c7)c6cc45)ccc32)cc1. The van der Waals surface area contributed by atoms with Gasteiger partial charge in [0.15, 0.2) is 0 Å². The molecule has 0 spiro atoms. The molecule has 0 fully saturated rings. The van der Waals surface area contributed by atoms with E-state index in [-0.39, 0.29) is 0 Å². The number of aromatic nitrogens is 4. The molecule has 610 valence electrons. The number of benzene rings is 24. The van der Waals surface area contributed by atoms with Gasteiger partial charge in [-0.2, -0.15) is 0 Å². The van der Waals surface area contributed by atoms with Crippen LogP contribution in [0.1, 0.15) is 0 Å². The highest BCUT2D eigenvalue weighted by Crippen LogP contribution is 2.51. The normalized spacial score (nSPS) is 12.1. The first-order chi connectivity index (χ1) is 65.4. The highest BCUT2D eigenvalue weighted by molar-refractivity contribution is 6.24. The quantitative estimate of drug-likeness (QED) is 0.115. The molecule has 28 rings (SSSR count). The van der Waals surface area contributed by atoms with Crippen molar-refractivity contribution in [3.8, 4) is 101 Å². The molecule has 0 atom stereocenters. The maximum atomic E-state index is 2.50. The minimum absolute atomic E-state index is 1.11. The van der Waals surface area contributed by atoms with Gasteiger partial charge in [-0.05, 0) is 328 Å². The first-order valence-corrected chi connectivity index (χ1v) is 45.7. The van der Waals surface area contributed by atoms with Gasteiger partial charge in [0.05, 0.1) is 44.1 Å². The standard InChI is InChI=1S/C128H78N4/c1-4-28-95(29-5-1)129-121-49-18-14-37-105(121)117-73-86(59-63-123(117)129)99-39-21-43-109-113(99)77-114-100(40-22-44-110(114)127(109)90-55-53-83-65-79-25-10-11-26-80(79)66-93(83)70-90)87-60-64-124-118(74-87)106-38-15-19-50-122(106)132(124)98-34-20-27-81(72-98)82-51-52-84-69-94-71-91(56-54-85(94)68-92(84)67-82)128-111-45-23-41-101(88-57-61-107-103-35-12-16-47-119(103)130(125(107)75-88)96-30-6-2-7-31-96)115(111)78-116-102(42-24-46-112(116)128)89-58-62-108-104-36-13-17-48-120(104)131(126(108)76-89)97-32-8-3-9-33-97/h1-78H. The van der Waals surface area contributed by atoms with Gasteiger partial charge in [0.25, 0.3) is 0 Å². The number of hydrogen-bond donors (Lipinski definition) is 0. The summed E-state index contributed by atoms with van der Waals surface area (Å²) >= 11 is 0. The molecule has 4 heteroatoms. The summed E-state index contributed by atoms with van der Waals surface area (Å²) in [6.07, 6.45) is 0. The first-order valence-electron chi connectivity index (χ1n) is 45.7. The smallest absolute Gasteiger partial charge is 0.0547 e. The highest BCUT2D eigenvalue weighted by Gasteiger charge is 2.25. The Morgan fingerprint density at radius 1 is 0.106 bits per heavy atom. The maximum Gasteiger partial charge on any atom is 0.0547 e. The summed E-state index contributed by atoms with van der Waals surface area (Å²) in [5.74, 6) is 0. The summed E-state index contributed by atoms with van der Waals surface area (Å²) in [4.78, 5) is 0. The number of rotatable bonds is 11. The van der Waals surface area contributed by atoms with Crippen molar-refractivity contribution in [3.63, 3.8) is 0 Å². The van der Waals surface area contributed by atoms with Crippen molar-refractivity contribution >= 4 is 173 Å². The molecule has 0 radical (unpaired) electrons. The average molecular weight is 1670 g/mol. The zero-order chi connectivity index (χ0) is 86.3. The molecular weight excluding hydrogens is 1590 g/mol. The number of para-hydroxylation sites is 7. The Morgan fingerprint density at radius 2 is 0.371 bits per heavy atom. The van der Waals surface area contributed by atoms with E-state index in [1.54, 1.807) is 0 Å². The van der Waals surface area contributed by atoms with Crippen LogP contribution in [0.2, 0.25) is 0 Å². The number of nitrogens with zero attached hydrogens (tertiary/aromatic N) is 4. The molecule has 0 saturated carbocycles. The molecule has 0 aliphatic carbocycles. The van der Waals surface area contributed by atoms with E-state index in [9.17, 15) is 0 Å². The molecule has 28 aromatic rings. The summed E-state index contributed by atoms with van der Waals surface area (Å²) in [5.41, 5.74) is 30.6. The summed E-state index contributed by atoms with van der Waals surface area (Å²) in [5, 5.41) is 29.2. The van der Waals surface area contributed by atoms with E-state index in [4.69, 9.17) is 0 Å². The second kappa shape index (κ2) is 29.0. The molecule has 0 bridgehead atoms. The van der Waals surface area contributed by atoms with Crippen molar-refractivity contribution in [3.05, 3.63) is 473 Å². The van der Waals surface area contributed by atoms with Gasteiger partial charge in [0, 0.05) is 65.8 Å². The van der Waals surface area contributed by atoms with Crippen LogP contribution in [0.4, 0.5) is 0 Å². The molecule has 0 aliphatic rings. The molecule has 0 aliphatic heterocycles. The summed E-state index contributed by atoms with van der Waals surface area (Å²) in [6, 6.07) is 178. The van der Waals surface area contributed by atoms with E-state index >= 15 is 0 Å². The Bertz CT molecular complexity index is 9570. The average Bonchev–Trinajstić information content (AvgIpc) is 1.04. The van der Waals surface area contributed by atoms with Gasteiger partial charge >= 0.3 is 0 Å². The zero-order valence-corrected chi connectivity index (χ0v) is 71.8. The van der Waals surface area contributed by atoms with Crippen molar-refractivity contribution in [2.75, 3.05) is 0 Å². The van der Waals surface area contributed by atoms with Crippen LogP contribution >= 0.6 is 0 Å². The molecule has 0 amide bonds. The molecule has 4 aromatic heterocycles. The lowest BCUT2D eigenvalue weighted by molar-refractivity contribution is 1.18. The monoisotopic (exact) mass is 1670 g/mol. The second-order valence-corrected chi connectivity index (χ2v) is 35.7. The van der Waals surface area contributed by atoms with Crippen molar-refractivity contribution in [2.45, 2.75) is 0 Å². The molecule has 0 unspecified atom stereocenters. The van der Waals surface area contributed by atoms with Crippen molar-refractivity contribution < 1.29 is 0 Å². The molecule has 0 saturated heterocycles. The molecule has 132 heavy (non-hydrogen) atoms. The Kier molecular flexibility index (Phi) is 16.2. The van der Waals surface area contributed by atoms with Gasteiger partial charge in [0.1, 0.15) is 0 Å². The van der Waals surface area contributed by atoms with Crippen LogP contribution in [0, 0.1) is 0 Å². The summed E-state index contributed by atoms with van der Waals surface area (Å²) < 4.78 is 9.74. The largest absolute Gasteiger partial charge is 0.309 e. The molecule has 0 N–H and O–H groups in total. The van der Waals surface area contributed by atoms with Crippen LogP contribution in [0.25, 0.3) is 274 Å². The van der Waals surface area contributed by atoms with Gasteiger partial charge in [-0.3, -0.25) is 0 Å². The van der Waals surface area contributed by atoms with Gasteiger partial charge in [-0.25, -0.2) is 0 Å². The van der Waals surface area contributed by atoms with Gasteiger partial charge in [-0.15, -0.1) is 0 Å². The van der Waals surface area contributed by atoms with Gasteiger partial charge in [0.2, 0.25) is 0 Å². The summed E-state index contributed by atoms with van der Waals surface area (Å²) in [6.45, 7) is 0. The number of hydrogen-bond acceptors (Lipinski definition) is 0. The predicted octanol–water partition coefficient (Wildman–Crippen LogP) is 35.0. The second-order valence-electron chi connectivity index (χ2n) is 35.7. The van der Waals surface area contributed by atoms with Crippen LogP contribution in [0.5, 0.6) is 0 Å². The third kappa shape index (κ3) is 11.4. The van der Waals surface area contributed by atoms with Gasteiger partial charge < -0.3 is 18.3 Å². The Hall–Kier alpha value is -17.4. The zero-order valence-electron chi connectivity index (χ0n) is 71.8. The van der Waals surface area contributed by atoms with Crippen LogP contribution in [-0.4, -0.2) is 18.3 Å². The van der Waals surface area contributed by atoms with Crippen LogP contribution in [0.3, 0.4) is 0 Å². The summed E-state index contributed by atoms with van der Waals surface area (Å²) in [7, 11) is 0. The number of fused-ring (bicyclic) bond motifs is 20. The van der Waals surface area contributed by atoms with Crippen LogP contribution < -0.4 is 0 Å². The lowest BCUT2D eigenvalue weighted by Crippen LogP contribution is -1.94. The van der Waals surface area contributed by atoms with E-state index < -0.39 is 0 Å². The van der Waals surface area contributed by atoms with E-state index in [0.29, 0.717) is 0 Å². The van der Waals surface area contributed by atoms with Crippen LogP contribution in [0.15, 0.2) is 473 Å². The van der Waals surface area contributed by atoms with Crippen molar-refractivity contribution in [1.82, 2.24) is 18.3 Å². The Balaban J connectivity index is 0.562. The van der Waals surface area contributed by atoms with Gasteiger partial charge in [-0.1, -0.05) is 309 Å². The highest BCUT2D eigenvalue weighted by atomic mass is 15.0. The fraction of sp³-hybridized carbons (Fsp3) is 0. The third-order valence-electron chi connectivity index (χ3n) is 28.6. The van der Waals surface area contributed by atoms with E-state index in [1.807, 2.05) is 0 Å². The minimum atomic E-state index is 1.11. The Labute approximate surface area is 760 Å². The molecule has 4 heterocycles. The third-order valence-corrected chi connectivity index (χ3v) is 28.6. The predicted molar refractivity (Wildman–Crippen MR) is 562 cm³/mol. The van der Waals surface area contributed by atoms with Crippen molar-refractivity contribution in [2.24, 2.45) is 0 Å². The van der Waals surface area contributed by atoms with Crippen molar-refractivity contribution in [1.29, 1.82) is 0 Å². The lowest BCUT2D eigenvalue weighted by Gasteiger charge is -2.18. The Morgan fingerprint density at radius 3 is 0.780 bits per heavy atom. The molecular formula is C128H78N4. The molecule has 4 nitrogen and oxygen atoms in total.